The van der Waals surface area contributed by atoms with E-state index in [1.54, 1.807) is 97.4 Å². The Labute approximate surface area is 807 Å². The van der Waals surface area contributed by atoms with Crippen LogP contribution in [0.15, 0.2) is 75.4 Å². The Morgan fingerprint density at radius 3 is 0.851 bits per heavy atom. The van der Waals surface area contributed by atoms with Crippen molar-refractivity contribution in [3.8, 4) is 0 Å². The quantitative estimate of drug-likeness (QED) is 0.0122. The van der Waals surface area contributed by atoms with Gasteiger partial charge in [0.2, 0.25) is 0 Å². The molecule has 0 aliphatic carbocycles. The van der Waals surface area contributed by atoms with Gasteiger partial charge >= 0.3 is 0 Å². The molecule has 9 atom stereocenters. The molecule has 0 aliphatic rings. The molecule has 0 saturated heterocycles. The molecule has 10 N–H and O–H groups in total. The van der Waals surface area contributed by atoms with E-state index in [0.717, 1.165) is 55.5 Å². The minimum Gasteiger partial charge on any atom is -0.391 e. The van der Waals surface area contributed by atoms with E-state index >= 15 is 0 Å². The SMILES string of the molecule is C=CC(O)C=NC(C)C.C=CC(O)C=NN(C)C.CC(O)C=NN(C)C.CCC(O)(C=NC(C)C)[Si](C)(C)C.CCC(O)C=NC(C)C.CCC(O)C=NN(C)C.CC[Si](CC)(CC)C(O)C=NC(C)C.CC[Si](CC)(CC)C(O)C=NN(C)C.CN(C)N=CC(O)[Si](C)(C)C.C[Si](C)(C)N=CCO.[Co].[Co].[Co].[Co].[Co].[Co].[Co].[Co].[Co].[Co]. The van der Waals surface area contributed by atoms with Crippen molar-refractivity contribution in [2.24, 2.45) is 50.1 Å². The first-order valence-corrected chi connectivity index (χ1v) is 53.2. The molecule has 40 heteroatoms. The fourth-order valence-electron chi connectivity index (χ4n) is 6.85. The smallest absolute Gasteiger partial charge is 0.171 e. The number of rotatable bonds is 35. The van der Waals surface area contributed by atoms with Crippen LogP contribution in [-0.4, -0.2) is 333 Å². The molecule has 0 bridgehead atoms. The molecule has 0 aromatic heterocycles. The van der Waals surface area contributed by atoms with Crippen LogP contribution in [0.2, 0.25) is 95.2 Å². The molecule has 0 amide bonds. The van der Waals surface area contributed by atoms with Crippen molar-refractivity contribution in [2.45, 2.75) is 316 Å². The topological polar surface area (TPSA) is 342 Å². The van der Waals surface area contributed by atoms with Crippen molar-refractivity contribution in [3.05, 3.63) is 25.3 Å². The molecular formula is C74H169Co10N15O10Si5. The molecule has 0 spiro atoms. The predicted molar refractivity (Wildman–Crippen MR) is 475 cm³/mol. The van der Waals surface area contributed by atoms with Gasteiger partial charge in [0.1, 0.15) is 12.2 Å². The molecular weight excluding hydrogens is 1990 g/mol. The summed E-state index contributed by atoms with van der Waals surface area (Å²) in [5.74, 6) is 0. The summed E-state index contributed by atoms with van der Waals surface area (Å²) in [5.41, 5.74) is -0.903. The van der Waals surface area contributed by atoms with Crippen LogP contribution in [0.25, 0.3) is 0 Å². The minimum atomic E-state index is -1.57. The molecule has 0 aromatic rings. The third kappa shape index (κ3) is 121. The summed E-state index contributed by atoms with van der Waals surface area (Å²) >= 11 is 0. The van der Waals surface area contributed by atoms with Gasteiger partial charge < -0.3 is 80.8 Å². The average molecular weight is 2160 g/mol. The summed E-state index contributed by atoms with van der Waals surface area (Å²) in [4.78, 5) is 16.6. The van der Waals surface area contributed by atoms with Crippen LogP contribution in [0.5, 0.6) is 0 Å². The van der Waals surface area contributed by atoms with E-state index in [0.29, 0.717) is 12.1 Å². The number of nitrogens with zero attached hydrogens (tertiary/aromatic N) is 15. The zero-order chi connectivity index (χ0) is 84.4. The second-order valence-electron chi connectivity index (χ2n) is 30.0. The first-order chi connectivity index (χ1) is 47.4. The molecule has 0 aromatic carbocycles. The molecule has 0 saturated carbocycles. The largest absolute Gasteiger partial charge is 0.391 e. The molecule has 0 heterocycles. The minimum absolute atomic E-state index is 0. The van der Waals surface area contributed by atoms with Crippen LogP contribution >= 0.6 is 0 Å². The maximum absolute atomic E-state index is 10.3. The van der Waals surface area contributed by atoms with Gasteiger partial charge in [0.05, 0.1) is 98.3 Å². The van der Waals surface area contributed by atoms with Crippen molar-refractivity contribution >= 4 is 103 Å². The summed E-state index contributed by atoms with van der Waals surface area (Å²) in [6.07, 6.45) is 18.6. The van der Waals surface area contributed by atoms with E-state index in [-0.39, 0.29) is 210 Å². The Morgan fingerprint density at radius 2 is 0.623 bits per heavy atom. The molecule has 9 unspecified atom stereocenters. The second kappa shape index (κ2) is 101. The van der Waals surface area contributed by atoms with Crippen molar-refractivity contribution in [2.75, 3.05) is 77.1 Å². The molecule has 114 heavy (non-hydrogen) atoms. The van der Waals surface area contributed by atoms with Gasteiger partial charge in [-0.2, -0.15) is 25.5 Å². The van der Waals surface area contributed by atoms with Crippen molar-refractivity contribution in [3.63, 3.8) is 0 Å². The number of hydrazone groups is 5. The van der Waals surface area contributed by atoms with Crippen molar-refractivity contribution in [1.29, 1.82) is 0 Å². The van der Waals surface area contributed by atoms with Crippen molar-refractivity contribution < 1.29 is 219 Å². The van der Waals surface area contributed by atoms with E-state index in [4.69, 9.17) is 30.6 Å². The predicted octanol–water partition coefficient (Wildman–Crippen LogP) is 11.5. The maximum atomic E-state index is 10.3. The summed E-state index contributed by atoms with van der Waals surface area (Å²) in [5, 5.41) is 120. The third-order valence-corrected chi connectivity index (χ3v) is 31.8. The van der Waals surface area contributed by atoms with Crippen LogP contribution in [0, 0.1) is 0 Å². The van der Waals surface area contributed by atoms with Gasteiger partial charge in [0, 0.05) is 306 Å². The zero-order valence-corrected chi connectivity index (χ0v) is 92.3. The van der Waals surface area contributed by atoms with Crippen LogP contribution in [0.3, 0.4) is 0 Å². The summed E-state index contributed by atoms with van der Waals surface area (Å²) in [6, 6.07) is 7.92. The Hall–Kier alpha value is 0.929. The summed E-state index contributed by atoms with van der Waals surface area (Å²) in [7, 11) is 11.0. The summed E-state index contributed by atoms with van der Waals surface area (Å²) in [6.45, 7) is 62.7. The first-order valence-electron chi connectivity index (χ1n) is 37.2. The monoisotopic (exact) mass is 2160 g/mol. The van der Waals surface area contributed by atoms with E-state index in [1.165, 1.54) is 37.0 Å². The number of aliphatic imine (C=N–C) groups is 4. The second-order valence-corrected chi connectivity index (χ2v) is 56.2. The number of aliphatic hydroxyl groups excluding tert-OH is 9. The van der Waals surface area contributed by atoms with Crippen LogP contribution in [-0.2, 0) is 168 Å². The van der Waals surface area contributed by atoms with Crippen LogP contribution < -0.4 is 0 Å². The maximum Gasteiger partial charge on any atom is 0.171 e. The van der Waals surface area contributed by atoms with E-state index < -0.39 is 70.2 Å². The molecule has 0 fully saturated rings. The van der Waals surface area contributed by atoms with Gasteiger partial charge in [-0.15, -0.1) is 13.2 Å². The summed E-state index contributed by atoms with van der Waals surface area (Å²) < 4.78 is 4.14. The van der Waals surface area contributed by atoms with Gasteiger partial charge in [-0.25, -0.2) is 0 Å². The van der Waals surface area contributed by atoms with Gasteiger partial charge in [0.25, 0.3) is 0 Å². The standard InChI is InChI=1S/C11H25NOSi.C10H24N2OSi.C10H23NOSi.C7H18N2OSi.C7H15NO.C7H13NO.C6H14N2O.C6H12N2O.C5H12N2O.C5H13NOSi.10Co/c1-6-14(7-2,8-3)11(13)9-12-10(4)5;1-6-14(7-2,8-3)10(13)9-11-12(4)5;1-7-10(12,13(4,5)6)8-11-9(2)3;1-9(2)8-6-7(10)11(3,4)5;2*1-4-7(9)5-8-6(2)3;2*1-4-6(9)5-7-8(2)3;1-5(8)4-6-7(2)3;1-8(2,3)6-4-5-7;;;;;;;;;;/h9-11,13H,6-8H2,1-5H3;9-10,13H,6-8H2,1-5H3;8-9,12H,7H2,1-6H3;6-7,10H,1-5H3;5-7,9H,4H2,1-3H3;4-7,9H,1H2,2-3H3;5-6,9H,4H2,1-3H3;4-6,9H,1H2,2-3H3;4-5,8H,1-3H3;4,7H,5H2,1-3H3;;;;;;;;;;. The zero-order valence-electron chi connectivity index (χ0n) is 76.9. The molecule has 25 nitrogen and oxygen atoms in total. The third-order valence-electron chi connectivity index (χ3n) is 14.6. The number of aliphatic hydroxyl groups is 10. The molecule has 10 radical (unpaired) electrons. The Morgan fingerprint density at radius 1 is 0.360 bits per heavy atom. The Kier molecular flexibility index (Phi) is 147. The first kappa shape index (κ1) is 166. The van der Waals surface area contributed by atoms with Gasteiger partial charge in [-0.05, 0) is 101 Å². The van der Waals surface area contributed by atoms with Crippen LogP contribution in [0.4, 0.5) is 0 Å². The van der Waals surface area contributed by atoms with Gasteiger partial charge in [-0.3, -0.25) is 20.0 Å². The fourth-order valence-corrected chi connectivity index (χ4v) is 15.8. The van der Waals surface area contributed by atoms with E-state index in [2.05, 4.69) is 164 Å². The number of hydrogen-bond donors (Lipinski definition) is 10. The van der Waals surface area contributed by atoms with Crippen LogP contribution in [0.1, 0.15) is 144 Å². The Bertz CT molecular complexity index is 2180. The van der Waals surface area contributed by atoms with Crippen molar-refractivity contribution in [1.82, 2.24) is 25.0 Å². The normalized spacial score (nSPS) is 13.7. The van der Waals surface area contributed by atoms with Gasteiger partial charge in [-0.1, -0.05) is 150 Å². The fraction of sp³-hybridized carbons (Fsp3) is 0.811. The van der Waals surface area contributed by atoms with E-state index in [1.807, 2.05) is 118 Å². The van der Waals surface area contributed by atoms with E-state index in [9.17, 15) is 20.4 Å². The molecule has 710 valence electrons. The molecule has 0 rings (SSSR count). The van der Waals surface area contributed by atoms with Gasteiger partial charge in [0.15, 0.2) is 8.24 Å². The average Bonchev–Trinajstić information content (AvgIpc) is 0.837. The Balaban J connectivity index is -0.0000000477. The number of hydrogen-bond acceptors (Lipinski definition) is 25. The molecule has 0 aliphatic heterocycles.